The molecule has 0 aliphatic heterocycles. The highest BCUT2D eigenvalue weighted by Gasteiger charge is 2.06. The van der Waals surface area contributed by atoms with E-state index in [0.29, 0.717) is 12.3 Å². The molecule has 0 saturated heterocycles. The van der Waals surface area contributed by atoms with Crippen LogP contribution < -0.4 is 0 Å². The molecule has 0 rings (SSSR count). The highest BCUT2D eigenvalue weighted by atomic mass is 16.5. The third kappa shape index (κ3) is 5.60. The van der Waals surface area contributed by atoms with Crippen molar-refractivity contribution in [3.63, 3.8) is 0 Å². The zero-order chi connectivity index (χ0) is 8.15. The lowest BCUT2D eigenvalue weighted by atomic mass is 10.1. The summed E-state index contributed by atoms with van der Waals surface area (Å²) in [7, 11) is 0. The van der Waals surface area contributed by atoms with E-state index >= 15 is 0 Å². The molecule has 0 aliphatic carbocycles. The van der Waals surface area contributed by atoms with E-state index in [9.17, 15) is 4.79 Å². The van der Waals surface area contributed by atoms with Gasteiger partial charge in [-0.1, -0.05) is 13.8 Å². The quantitative estimate of drug-likeness (QED) is 0.559. The maximum Gasteiger partial charge on any atom is 0.306 e. The second-order valence-corrected chi connectivity index (χ2v) is 2.71. The highest BCUT2D eigenvalue weighted by molar-refractivity contribution is 5.69. The molecule has 2 heteroatoms. The topological polar surface area (TPSA) is 26.3 Å². The maximum absolute atomic E-state index is 10.8. The Labute approximate surface area is 62.6 Å². The van der Waals surface area contributed by atoms with Gasteiger partial charge in [0.25, 0.3) is 0 Å². The van der Waals surface area contributed by atoms with E-state index in [0.717, 1.165) is 0 Å². The maximum atomic E-state index is 10.8. The Kier molecular flexibility index (Phi) is 4.08. The molecule has 0 aromatic heterocycles. The normalized spacial score (nSPS) is 10.6. The fourth-order valence-electron chi connectivity index (χ4n) is 0.567. The first-order valence-electron chi connectivity index (χ1n) is 3.38. The van der Waals surface area contributed by atoms with Crippen LogP contribution in [0.25, 0.3) is 0 Å². The van der Waals surface area contributed by atoms with Crippen LogP contribution >= 0.6 is 0 Å². The van der Waals surface area contributed by atoms with Crippen molar-refractivity contribution in [1.29, 1.82) is 0 Å². The van der Waals surface area contributed by atoms with Crippen molar-refractivity contribution in [3.05, 3.63) is 13.8 Å². The number of esters is 1. The van der Waals surface area contributed by atoms with Crippen LogP contribution in [0.4, 0.5) is 0 Å². The average Bonchev–Trinajstić information content (AvgIpc) is 1.58. The van der Waals surface area contributed by atoms with Crippen LogP contribution in [0.3, 0.4) is 0 Å². The van der Waals surface area contributed by atoms with Crippen molar-refractivity contribution in [3.8, 4) is 0 Å². The van der Waals surface area contributed by atoms with Gasteiger partial charge >= 0.3 is 5.97 Å². The average molecular weight is 142 g/mol. The minimum atomic E-state index is -0.480. The minimum absolute atomic E-state index is 0.218. The van der Waals surface area contributed by atoms with Crippen LogP contribution in [0.2, 0.25) is 0 Å². The van der Waals surface area contributed by atoms with E-state index in [1.807, 2.05) is 13.8 Å². The first-order valence-corrected chi connectivity index (χ1v) is 3.38. The fraction of sp³-hybridized carbons (Fsp3) is 0.625. The lowest BCUT2D eigenvalue weighted by Gasteiger charge is -2.08. The number of hydrogen-bond acceptors (Lipinski definition) is 2. The summed E-state index contributed by atoms with van der Waals surface area (Å²) in [6.07, 6.45) is -0.0344. The summed E-state index contributed by atoms with van der Waals surface area (Å²) >= 11 is 0. The summed E-state index contributed by atoms with van der Waals surface area (Å²) in [4.78, 5) is 10.8. The van der Waals surface area contributed by atoms with Crippen molar-refractivity contribution in [2.45, 2.75) is 26.4 Å². The summed E-state index contributed by atoms with van der Waals surface area (Å²) in [5, 5.41) is 0. The molecule has 0 unspecified atom stereocenters. The predicted octanol–water partition coefficient (Wildman–Crippen LogP) is 1.61. The lowest BCUT2D eigenvalue weighted by Crippen LogP contribution is -2.13. The molecule has 58 valence electrons. The van der Waals surface area contributed by atoms with E-state index in [1.165, 1.54) is 0 Å². The summed E-state index contributed by atoms with van der Waals surface area (Å²) in [6, 6.07) is 0. The van der Waals surface area contributed by atoms with Crippen LogP contribution in [0.1, 0.15) is 20.3 Å². The minimum Gasteiger partial charge on any atom is -0.462 e. The molecule has 0 bridgehead atoms. The third-order valence-electron chi connectivity index (χ3n) is 0.873. The number of rotatable bonds is 3. The van der Waals surface area contributed by atoms with Crippen LogP contribution in [-0.2, 0) is 9.53 Å². The number of ether oxygens (including phenoxy) is 1. The number of carbonyl (C=O) groups excluding carboxylic acids is 1. The van der Waals surface area contributed by atoms with Crippen LogP contribution in [0.5, 0.6) is 0 Å². The van der Waals surface area contributed by atoms with Gasteiger partial charge in [0, 0.05) is 6.42 Å². The first-order chi connectivity index (χ1) is 4.52. The Balaban J connectivity index is 3.44. The smallest absolute Gasteiger partial charge is 0.306 e. The molecule has 0 spiro atoms. The van der Waals surface area contributed by atoms with Gasteiger partial charge in [-0.25, -0.2) is 0 Å². The zero-order valence-corrected chi connectivity index (χ0v) is 6.59. The second-order valence-electron chi connectivity index (χ2n) is 2.71. The van der Waals surface area contributed by atoms with Crippen molar-refractivity contribution >= 4 is 5.97 Å². The largest absolute Gasteiger partial charge is 0.462 e. The lowest BCUT2D eigenvalue weighted by molar-refractivity contribution is -0.146. The Morgan fingerprint density at radius 2 is 2.00 bits per heavy atom. The third-order valence-corrected chi connectivity index (χ3v) is 0.873. The molecule has 0 atom stereocenters. The molecule has 0 amide bonds. The highest BCUT2D eigenvalue weighted by Crippen LogP contribution is 2.02. The van der Waals surface area contributed by atoms with E-state index in [1.54, 1.807) is 0 Å². The van der Waals surface area contributed by atoms with Crippen molar-refractivity contribution in [2.75, 3.05) is 0 Å². The SMILES string of the molecule is [CH2]C([CH2])OC(=O)CC(C)C. The van der Waals surface area contributed by atoms with Crippen molar-refractivity contribution < 1.29 is 9.53 Å². The van der Waals surface area contributed by atoms with Gasteiger partial charge in [-0.15, -0.1) is 0 Å². The van der Waals surface area contributed by atoms with E-state index in [2.05, 4.69) is 13.8 Å². The van der Waals surface area contributed by atoms with E-state index < -0.39 is 6.10 Å². The standard InChI is InChI=1S/C8H14O2/c1-6(2)5-8(9)10-7(3)4/h6-7H,3-5H2,1-2H3. The summed E-state index contributed by atoms with van der Waals surface area (Å²) in [5.74, 6) is 0.122. The molecular weight excluding hydrogens is 128 g/mol. The van der Waals surface area contributed by atoms with Gasteiger partial charge < -0.3 is 4.74 Å². The molecule has 0 aromatic rings. The Morgan fingerprint density at radius 1 is 1.50 bits per heavy atom. The van der Waals surface area contributed by atoms with Crippen molar-refractivity contribution in [1.82, 2.24) is 0 Å². The van der Waals surface area contributed by atoms with Crippen LogP contribution in [0, 0.1) is 19.8 Å². The van der Waals surface area contributed by atoms with Gasteiger partial charge in [-0.3, -0.25) is 4.79 Å². The molecule has 0 aliphatic rings. The summed E-state index contributed by atoms with van der Waals surface area (Å²) in [5.41, 5.74) is 0. The predicted molar refractivity (Wildman–Crippen MR) is 40.0 cm³/mol. The molecule has 0 heterocycles. The van der Waals surface area contributed by atoms with Gasteiger partial charge in [0.05, 0.1) is 0 Å². The zero-order valence-electron chi connectivity index (χ0n) is 6.59. The van der Waals surface area contributed by atoms with E-state index in [-0.39, 0.29) is 5.97 Å². The Bertz CT molecular complexity index is 93.8. The first kappa shape index (κ1) is 9.47. The van der Waals surface area contributed by atoms with Gasteiger partial charge in [-0.2, -0.15) is 0 Å². The van der Waals surface area contributed by atoms with E-state index in [4.69, 9.17) is 4.74 Å². The van der Waals surface area contributed by atoms with Gasteiger partial charge in [-0.05, 0) is 19.8 Å². The van der Waals surface area contributed by atoms with Crippen LogP contribution in [0.15, 0.2) is 0 Å². The van der Waals surface area contributed by atoms with Gasteiger partial charge in [0.2, 0.25) is 0 Å². The number of carbonyl (C=O) groups is 1. The second kappa shape index (κ2) is 4.31. The molecule has 2 nitrogen and oxygen atoms in total. The van der Waals surface area contributed by atoms with Gasteiger partial charge in [0.1, 0.15) is 6.10 Å². The Morgan fingerprint density at radius 3 is 2.30 bits per heavy atom. The van der Waals surface area contributed by atoms with Crippen molar-refractivity contribution in [2.24, 2.45) is 5.92 Å². The molecular formula is C8H14O2. The number of hydrogen-bond donors (Lipinski definition) is 0. The van der Waals surface area contributed by atoms with Gasteiger partial charge in [0.15, 0.2) is 0 Å². The molecule has 0 saturated carbocycles. The fourth-order valence-corrected chi connectivity index (χ4v) is 0.567. The Hall–Kier alpha value is -0.530. The molecule has 0 N–H and O–H groups in total. The summed E-state index contributed by atoms with van der Waals surface area (Å²) in [6.45, 7) is 10.8. The monoisotopic (exact) mass is 142 g/mol. The molecule has 0 fully saturated rings. The summed E-state index contributed by atoms with van der Waals surface area (Å²) < 4.78 is 4.70. The molecule has 0 aromatic carbocycles. The van der Waals surface area contributed by atoms with Crippen LogP contribution in [-0.4, -0.2) is 12.1 Å². The molecule has 10 heavy (non-hydrogen) atoms. The molecule has 2 radical (unpaired) electrons.